The fourth-order valence-corrected chi connectivity index (χ4v) is 3.40. The molecule has 2 fully saturated rings. The third-order valence-electron chi connectivity index (χ3n) is 4.61. The van der Waals surface area contributed by atoms with Gasteiger partial charge in [-0.25, -0.2) is 0 Å². The largest absolute Gasteiger partial charge is 0.356 e. The minimum atomic E-state index is -0.656. The van der Waals surface area contributed by atoms with Gasteiger partial charge in [-0.15, -0.1) is 0 Å². The summed E-state index contributed by atoms with van der Waals surface area (Å²) >= 11 is 5.95. The van der Waals surface area contributed by atoms with Gasteiger partial charge in [0.15, 0.2) is 6.10 Å². The van der Waals surface area contributed by atoms with E-state index in [0.29, 0.717) is 5.02 Å². The van der Waals surface area contributed by atoms with Crippen molar-refractivity contribution in [3.63, 3.8) is 0 Å². The molecule has 2 amide bonds. The van der Waals surface area contributed by atoms with Gasteiger partial charge in [-0.05, 0) is 37.0 Å². The zero-order valence-electron chi connectivity index (χ0n) is 13.2. The van der Waals surface area contributed by atoms with E-state index in [9.17, 15) is 9.59 Å². The minimum absolute atomic E-state index is 0.0241. The van der Waals surface area contributed by atoms with E-state index in [4.69, 9.17) is 16.3 Å². The lowest BCUT2D eigenvalue weighted by molar-refractivity contribution is -0.167. The summed E-state index contributed by atoms with van der Waals surface area (Å²) in [5.74, 6) is -0.142. The molecule has 124 valence electrons. The van der Waals surface area contributed by atoms with Crippen molar-refractivity contribution < 1.29 is 14.3 Å². The third-order valence-corrected chi connectivity index (χ3v) is 4.86. The highest BCUT2D eigenvalue weighted by molar-refractivity contribution is 6.30. The maximum absolute atomic E-state index is 12.9. The van der Waals surface area contributed by atoms with E-state index < -0.39 is 12.1 Å². The van der Waals surface area contributed by atoms with Gasteiger partial charge in [0.2, 0.25) is 5.91 Å². The summed E-state index contributed by atoms with van der Waals surface area (Å²) in [7, 11) is 1.72. The van der Waals surface area contributed by atoms with Gasteiger partial charge in [-0.1, -0.05) is 23.7 Å². The van der Waals surface area contributed by atoms with Crippen molar-refractivity contribution in [1.82, 2.24) is 9.80 Å². The maximum Gasteiger partial charge on any atom is 0.254 e. The lowest BCUT2D eigenvalue weighted by Gasteiger charge is -2.41. The molecule has 5 nitrogen and oxygen atoms in total. The summed E-state index contributed by atoms with van der Waals surface area (Å²) in [5.41, 5.74) is 0.861. The van der Waals surface area contributed by atoms with E-state index in [1.54, 1.807) is 24.1 Å². The van der Waals surface area contributed by atoms with Crippen molar-refractivity contribution >= 4 is 23.4 Å². The lowest BCUT2D eigenvalue weighted by Crippen LogP contribution is -2.54. The van der Waals surface area contributed by atoms with Crippen molar-refractivity contribution in [1.29, 1.82) is 0 Å². The van der Waals surface area contributed by atoms with E-state index in [1.165, 1.54) is 0 Å². The van der Waals surface area contributed by atoms with Crippen molar-refractivity contribution in [2.75, 3.05) is 26.7 Å². The first-order valence-electron chi connectivity index (χ1n) is 7.99. The van der Waals surface area contributed by atoms with Gasteiger partial charge in [0, 0.05) is 25.2 Å². The second-order valence-corrected chi connectivity index (χ2v) is 6.56. The molecule has 1 aromatic carbocycles. The van der Waals surface area contributed by atoms with Crippen molar-refractivity contribution in [2.24, 2.45) is 0 Å². The normalized spacial score (nSPS) is 25.6. The van der Waals surface area contributed by atoms with Crippen molar-refractivity contribution in [3.8, 4) is 0 Å². The van der Waals surface area contributed by atoms with Gasteiger partial charge in [-0.3, -0.25) is 9.59 Å². The molecule has 6 heteroatoms. The summed E-state index contributed by atoms with van der Waals surface area (Å²) in [6.07, 6.45) is 2.56. The monoisotopic (exact) mass is 336 g/mol. The Hall–Kier alpha value is -1.59. The molecule has 1 aromatic rings. The number of carbonyl (C=O) groups excluding carboxylic acids is 2. The molecule has 2 saturated heterocycles. The predicted molar refractivity (Wildman–Crippen MR) is 87.1 cm³/mol. The number of benzene rings is 1. The quantitative estimate of drug-likeness (QED) is 0.832. The summed E-state index contributed by atoms with van der Waals surface area (Å²) in [4.78, 5) is 28.4. The van der Waals surface area contributed by atoms with Gasteiger partial charge in [0.05, 0.1) is 6.04 Å². The van der Waals surface area contributed by atoms with Crippen LogP contribution < -0.4 is 0 Å². The number of likely N-dealkylation sites (N-methyl/N-ethyl adjacent to an activating group) is 1. The number of carbonyl (C=O) groups is 2. The average molecular weight is 337 g/mol. The van der Waals surface area contributed by atoms with Crippen LogP contribution in [0.25, 0.3) is 0 Å². The third kappa shape index (κ3) is 3.35. The summed E-state index contributed by atoms with van der Waals surface area (Å²) < 4.78 is 5.66. The van der Waals surface area contributed by atoms with Gasteiger partial charge in [-0.2, -0.15) is 0 Å². The summed E-state index contributed by atoms with van der Waals surface area (Å²) in [6.45, 7) is 1.48. The van der Waals surface area contributed by atoms with E-state index in [-0.39, 0.29) is 18.4 Å². The predicted octanol–water partition coefficient (Wildman–Crippen LogP) is 2.25. The van der Waals surface area contributed by atoms with Crippen LogP contribution in [0.5, 0.6) is 0 Å². The number of piperidine rings is 1. The zero-order valence-corrected chi connectivity index (χ0v) is 14.0. The van der Waals surface area contributed by atoms with Crippen molar-refractivity contribution in [3.05, 3.63) is 34.9 Å². The van der Waals surface area contributed by atoms with Crippen LogP contribution in [0.2, 0.25) is 5.02 Å². The first kappa shape index (κ1) is 16.3. The molecule has 0 N–H and O–H groups in total. The van der Waals surface area contributed by atoms with E-state index in [0.717, 1.165) is 37.9 Å². The zero-order chi connectivity index (χ0) is 16.4. The minimum Gasteiger partial charge on any atom is -0.356 e. The smallest absolute Gasteiger partial charge is 0.254 e. The number of morpholine rings is 1. The van der Waals surface area contributed by atoms with Crippen LogP contribution in [0.4, 0.5) is 0 Å². The number of halogens is 1. The highest BCUT2D eigenvalue weighted by atomic mass is 35.5. The highest BCUT2D eigenvalue weighted by Gasteiger charge is 2.41. The Morgan fingerprint density at radius 2 is 1.83 bits per heavy atom. The van der Waals surface area contributed by atoms with Crippen LogP contribution in [0.1, 0.15) is 30.9 Å². The van der Waals surface area contributed by atoms with Crippen LogP contribution >= 0.6 is 11.6 Å². The van der Waals surface area contributed by atoms with E-state index in [1.807, 2.05) is 17.0 Å². The Morgan fingerprint density at radius 1 is 1.17 bits per heavy atom. The average Bonchev–Trinajstić information content (AvgIpc) is 2.58. The molecular weight excluding hydrogens is 316 g/mol. The number of ether oxygens (including phenoxy) is 1. The number of rotatable bonds is 2. The van der Waals surface area contributed by atoms with Crippen LogP contribution in [-0.4, -0.2) is 54.5 Å². The van der Waals surface area contributed by atoms with Gasteiger partial charge in [0.25, 0.3) is 5.91 Å². The first-order valence-corrected chi connectivity index (χ1v) is 8.37. The standard InChI is InChI=1S/C17H21ClN2O3/c1-19-14(21)11-23-16(17(22)20-9-3-2-4-10-20)15(19)12-5-7-13(18)8-6-12/h5-8,15-16H,2-4,9-11H2,1H3. The summed E-state index contributed by atoms with van der Waals surface area (Å²) in [6, 6.07) is 6.82. The van der Waals surface area contributed by atoms with E-state index >= 15 is 0 Å². The highest BCUT2D eigenvalue weighted by Crippen LogP contribution is 2.31. The molecule has 2 aliphatic rings. The Kier molecular flexibility index (Phi) is 4.87. The summed E-state index contributed by atoms with van der Waals surface area (Å²) in [5, 5.41) is 0.623. The molecule has 2 aliphatic heterocycles. The first-order chi connectivity index (χ1) is 11.1. The Morgan fingerprint density at radius 3 is 2.48 bits per heavy atom. The molecule has 2 heterocycles. The van der Waals surface area contributed by atoms with Gasteiger partial charge in [0.1, 0.15) is 6.61 Å². The maximum atomic E-state index is 12.9. The molecule has 0 aliphatic carbocycles. The molecule has 3 rings (SSSR count). The molecule has 0 aromatic heterocycles. The Balaban J connectivity index is 1.87. The molecular formula is C17H21ClN2O3. The van der Waals surface area contributed by atoms with Crippen LogP contribution in [0.15, 0.2) is 24.3 Å². The van der Waals surface area contributed by atoms with Crippen LogP contribution in [0.3, 0.4) is 0 Å². The topological polar surface area (TPSA) is 49.9 Å². The molecule has 0 radical (unpaired) electrons. The molecule has 2 atom stereocenters. The molecule has 0 bridgehead atoms. The molecule has 0 saturated carbocycles. The fraction of sp³-hybridized carbons (Fsp3) is 0.529. The van der Waals surface area contributed by atoms with Crippen molar-refractivity contribution in [2.45, 2.75) is 31.4 Å². The van der Waals surface area contributed by atoms with Crippen LogP contribution in [0, 0.1) is 0 Å². The second-order valence-electron chi connectivity index (χ2n) is 6.12. The number of hydrogen-bond acceptors (Lipinski definition) is 3. The number of nitrogens with zero attached hydrogens (tertiary/aromatic N) is 2. The second kappa shape index (κ2) is 6.89. The Labute approximate surface area is 141 Å². The molecule has 0 spiro atoms. The number of hydrogen-bond donors (Lipinski definition) is 0. The van der Waals surface area contributed by atoms with Gasteiger partial charge >= 0.3 is 0 Å². The Bertz CT molecular complexity index is 584. The van der Waals surface area contributed by atoms with E-state index in [2.05, 4.69) is 0 Å². The SMILES string of the molecule is CN1C(=O)COC(C(=O)N2CCCCC2)C1c1ccc(Cl)cc1. The van der Waals surface area contributed by atoms with Gasteiger partial charge < -0.3 is 14.5 Å². The fourth-order valence-electron chi connectivity index (χ4n) is 3.27. The lowest BCUT2D eigenvalue weighted by atomic mass is 9.96. The molecule has 23 heavy (non-hydrogen) atoms. The number of likely N-dealkylation sites (tertiary alicyclic amines) is 1. The van der Waals surface area contributed by atoms with Crippen LogP contribution in [-0.2, 0) is 14.3 Å². The number of amides is 2. The molecule has 2 unspecified atom stereocenters.